The molecule has 8 heteroatoms. The van der Waals surface area contributed by atoms with Crippen LogP contribution in [0.3, 0.4) is 0 Å². The fraction of sp³-hybridized carbons (Fsp3) is 0.316. The highest BCUT2D eigenvalue weighted by Crippen LogP contribution is 2.38. The highest BCUT2D eigenvalue weighted by Gasteiger charge is 2.28. The lowest BCUT2D eigenvalue weighted by Crippen LogP contribution is -2.21. The van der Waals surface area contributed by atoms with Crippen molar-refractivity contribution in [3.63, 3.8) is 0 Å². The Balaban J connectivity index is 1.76. The van der Waals surface area contributed by atoms with Gasteiger partial charge in [-0.05, 0) is 37.0 Å². The topological polar surface area (TPSA) is 84.2 Å². The fourth-order valence-corrected chi connectivity index (χ4v) is 4.75. The Morgan fingerprint density at radius 3 is 2.89 bits per heavy atom. The normalized spacial score (nSPS) is 16.5. The van der Waals surface area contributed by atoms with Crippen LogP contribution in [-0.4, -0.2) is 27.2 Å². The largest absolute Gasteiger partial charge is 0.477 e. The van der Waals surface area contributed by atoms with Crippen LogP contribution in [0.15, 0.2) is 23.1 Å². The van der Waals surface area contributed by atoms with Gasteiger partial charge in [0.05, 0.1) is 10.3 Å². The third kappa shape index (κ3) is 2.67. The van der Waals surface area contributed by atoms with Crippen LogP contribution in [0, 0.1) is 5.82 Å². The number of halogens is 1. The van der Waals surface area contributed by atoms with Gasteiger partial charge in [0.25, 0.3) is 0 Å². The first-order chi connectivity index (χ1) is 13.0. The molecule has 27 heavy (non-hydrogen) atoms. The number of hydrogen-bond donors (Lipinski definition) is 2. The van der Waals surface area contributed by atoms with Gasteiger partial charge in [-0.3, -0.25) is 4.79 Å². The van der Waals surface area contributed by atoms with E-state index in [9.17, 15) is 19.1 Å². The highest BCUT2D eigenvalue weighted by atomic mass is 32.1. The zero-order valence-electron chi connectivity index (χ0n) is 14.3. The van der Waals surface area contributed by atoms with Gasteiger partial charge in [-0.25, -0.2) is 14.2 Å². The number of carboxylic acid groups (broad SMARTS) is 1. The van der Waals surface area contributed by atoms with E-state index in [-0.39, 0.29) is 22.7 Å². The average Bonchev–Trinajstić information content (AvgIpc) is 3.39. The van der Waals surface area contributed by atoms with Gasteiger partial charge in [0, 0.05) is 30.2 Å². The number of pyridine rings is 2. The van der Waals surface area contributed by atoms with Gasteiger partial charge in [0.15, 0.2) is 5.82 Å². The van der Waals surface area contributed by atoms with E-state index in [1.807, 2.05) is 6.07 Å². The van der Waals surface area contributed by atoms with Crippen LogP contribution in [0.25, 0.3) is 21.6 Å². The molecule has 0 bridgehead atoms. The van der Waals surface area contributed by atoms with Crippen molar-refractivity contribution >= 4 is 28.3 Å². The summed E-state index contributed by atoms with van der Waals surface area (Å²) in [4.78, 5) is 30.4. The Bertz CT molecular complexity index is 1140. The first-order valence-corrected chi connectivity index (χ1v) is 9.66. The van der Waals surface area contributed by atoms with Gasteiger partial charge in [-0.2, -0.15) is 0 Å². The van der Waals surface area contributed by atoms with Crippen molar-refractivity contribution < 1.29 is 14.3 Å². The SMILES string of the molecule is O=C(O)c1cn(C2CC2)c2nc(-c3cc4c(s3)CCNC4)c(F)cc2c1=O. The van der Waals surface area contributed by atoms with Gasteiger partial charge in [-0.15, -0.1) is 11.3 Å². The lowest BCUT2D eigenvalue weighted by Gasteiger charge is -2.12. The van der Waals surface area contributed by atoms with Crippen LogP contribution in [0.1, 0.15) is 39.7 Å². The molecule has 3 aromatic heterocycles. The number of carbonyl (C=O) groups is 1. The smallest absolute Gasteiger partial charge is 0.341 e. The predicted molar refractivity (Wildman–Crippen MR) is 99.9 cm³/mol. The van der Waals surface area contributed by atoms with E-state index in [2.05, 4.69) is 10.3 Å². The summed E-state index contributed by atoms with van der Waals surface area (Å²) in [5, 5.41) is 12.6. The number of nitrogens with zero attached hydrogens (tertiary/aromatic N) is 2. The number of aromatic nitrogens is 2. The standard InChI is InChI=1S/C19H16FN3O3S/c20-13-6-11-17(24)12(19(25)26)8-23(10-1-2-10)18(11)22-16(13)15-5-9-7-21-4-3-14(9)27-15/h5-6,8,10,21H,1-4,7H2,(H,25,26). The first-order valence-electron chi connectivity index (χ1n) is 8.84. The van der Waals surface area contributed by atoms with Crippen molar-refractivity contribution in [2.45, 2.75) is 31.8 Å². The number of nitrogens with one attached hydrogen (secondary N) is 1. The minimum absolute atomic E-state index is 0.0195. The maximum Gasteiger partial charge on any atom is 0.341 e. The van der Waals surface area contributed by atoms with Crippen LogP contribution in [0.2, 0.25) is 0 Å². The van der Waals surface area contributed by atoms with Crippen LogP contribution in [0.5, 0.6) is 0 Å². The third-order valence-corrected chi connectivity index (χ3v) is 6.35. The molecular weight excluding hydrogens is 369 g/mol. The lowest BCUT2D eigenvalue weighted by atomic mass is 10.1. The van der Waals surface area contributed by atoms with Gasteiger partial charge < -0.3 is 15.0 Å². The van der Waals surface area contributed by atoms with E-state index in [0.717, 1.165) is 48.9 Å². The molecule has 1 saturated carbocycles. The average molecular weight is 385 g/mol. The second-order valence-electron chi connectivity index (χ2n) is 6.99. The molecule has 138 valence electrons. The Labute approximate surface area is 157 Å². The summed E-state index contributed by atoms with van der Waals surface area (Å²) in [6.45, 7) is 1.66. The van der Waals surface area contributed by atoms with Crippen molar-refractivity contribution in [3.05, 3.63) is 50.4 Å². The predicted octanol–water partition coefficient (Wildman–Crippen LogP) is 2.94. The van der Waals surface area contributed by atoms with Crippen molar-refractivity contribution in [1.82, 2.24) is 14.9 Å². The molecule has 2 N–H and O–H groups in total. The van der Waals surface area contributed by atoms with Crippen LogP contribution < -0.4 is 10.7 Å². The third-order valence-electron chi connectivity index (χ3n) is 5.10. The molecule has 0 aromatic carbocycles. The zero-order valence-corrected chi connectivity index (χ0v) is 15.1. The van der Waals surface area contributed by atoms with E-state index in [4.69, 9.17) is 0 Å². The summed E-state index contributed by atoms with van der Waals surface area (Å²) >= 11 is 1.53. The molecule has 4 heterocycles. The molecule has 2 aliphatic rings. The Hall–Kier alpha value is -2.58. The van der Waals surface area contributed by atoms with Crippen molar-refractivity contribution in [3.8, 4) is 10.6 Å². The van der Waals surface area contributed by atoms with E-state index >= 15 is 0 Å². The summed E-state index contributed by atoms with van der Waals surface area (Å²) in [6, 6.07) is 3.20. The van der Waals surface area contributed by atoms with Crippen molar-refractivity contribution in [2.24, 2.45) is 0 Å². The van der Waals surface area contributed by atoms with E-state index < -0.39 is 17.2 Å². The molecule has 5 rings (SSSR count). The number of aromatic carboxylic acids is 1. The number of thiophene rings is 1. The summed E-state index contributed by atoms with van der Waals surface area (Å²) in [6.07, 6.45) is 4.04. The molecule has 1 aliphatic heterocycles. The summed E-state index contributed by atoms with van der Waals surface area (Å²) < 4.78 is 16.6. The molecule has 3 aromatic rings. The van der Waals surface area contributed by atoms with E-state index in [1.54, 1.807) is 4.57 Å². The Kier molecular flexibility index (Phi) is 3.66. The summed E-state index contributed by atoms with van der Waals surface area (Å²) in [5.41, 5.74) is 0.693. The van der Waals surface area contributed by atoms with Crippen molar-refractivity contribution in [1.29, 1.82) is 0 Å². The first kappa shape index (κ1) is 16.6. The molecule has 0 unspecified atom stereocenters. The summed E-state index contributed by atoms with van der Waals surface area (Å²) in [7, 11) is 0. The monoisotopic (exact) mass is 385 g/mol. The van der Waals surface area contributed by atoms with E-state index in [1.165, 1.54) is 22.4 Å². The lowest BCUT2D eigenvalue weighted by molar-refractivity contribution is 0.0695. The number of hydrogen-bond acceptors (Lipinski definition) is 5. The van der Waals surface area contributed by atoms with Gasteiger partial charge in [0.1, 0.15) is 16.9 Å². The fourth-order valence-electron chi connectivity index (χ4n) is 3.57. The molecule has 0 saturated heterocycles. The molecule has 1 fully saturated rings. The molecule has 0 radical (unpaired) electrons. The van der Waals surface area contributed by atoms with Gasteiger partial charge in [-0.1, -0.05) is 0 Å². The van der Waals surface area contributed by atoms with Crippen LogP contribution in [-0.2, 0) is 13.0 Å². The number of carboxylic acids is 1. The number of rotatable bonds is 3. The van der Waals surface area contributed by atoms with Crippen LogP contribution >= 0.6 is 11.3 Å². The maximum absolute atomic E-state index is 14.9. The second-order valence-corrected chi connectivity index (χ2v) is 8.13. The molecule has 6 nitrogen and oxygen atoms in total. The van der Waals surface area contributed by atoms with E-state index in [0.29, 0.717) is 5.65 Å². The van der Waals surface area contributed by atoms with Gasteiger partial charge >= 0.3 is 5.97 Å². The summed E-state index contributed by atoms with van der Waals surface area (Å²) in [5.74, 6) is -1.91. The zero-order chi connectivity index (χ0) is 18.7. The molecule has 0 spiro atoms. The molecular formula is C19H16FN3O3S. The van der Waals surface area contributed by atoms with Gasteiger partial charge in [0.2, 0.25) is 5.43 Å². The molecule has 0 atom stereocenters. The van der Waals surface area contributed by atoms with Crippen molar-refractivity contribution in [2.75, 3.05) is 6.54 Å². The Morgan fingerprint density at radius 1 is 1.37 bits per heavy atom. The van der Waals surface area contributed by atoms with Crippen LogP contribution in [0.4, 0.5) is 4.39 Å². The maximum atomic E-state index is 14.9. The number of fused-ring (bicyclic) bond motifs is 2. The quantitative estimate of drug-likeness (QED) is 0.724. The minimum atomic E-state index is -1.31. The molecule has 0 amide bonds. The minimum Gasteiger partial charge on any atom is -0.477 e. The second kappa shape index (κ2) is 5.97. The Morgan fingerprint density at radius 2 is 2.19 bits per heavy atom. The highest BCUT2D eigenvalue weighted by molar-refractivity contribution is 7.15. The molecule has 1 aliphatic carbocycles.